The number of carbonyl (C=O) groups excluding carboxylic acids is 1. The molecule has 56 valence electrons. The lowest BCUT2D eigenvalue weighted by Gasteiger charge is -2.17. The van der Waals surface area contributed by atoms with Crippen LogP contribution < -0.4 is 5.73 Å². The van der Waals surface area contributed by atoms with Gasteiger partial charge in [0, 0.05) is 18.2 Å². The van der Waals surface area contributed by atoms with Gasteiger partial charge in [-0.2, -0.15) is 0 Å². The fourth-order valence-electron chi connectivity index (χ4n) is 1.27. The van der Waals surface area contributed by atoms with E-state index in [-0.39, 0.29) is 5.78 Å². The average Bonchev–Trinajstić information content (AvgIpc) is 1.88. The molecule has 1 aliphatic carbocycles. The van der Waals surface area contributed by atoms with E-state index in [1.807, 2.05) is 0 Å². The standard InChI is InChI=1S/C8H13NO/c1-6-2-3-7(5-9)8(10)4-6/h5-6H,2-4,9H2,1H3/b7-5-. The first-order chi connectivity index (χ1) is 4.74. The number of hydrogen-bond acceptors (Lipinski definition) is 2. The topological polar surface area (TPSA) is 43.1 Å². The van der Waals surface area contributed by atoms with Crippen molar-refractivity contribution in [2.45, 2.75) is 26.2 Å². The molecule has 0 heterocycles. The van der Waals surface area contributed by atoms with E-state index in [9.17, 15) is 4.79 Å². The van der Waals surface area contributed by atoms with Crippen LogP contribution in [0.2, 0.25) is 0 Å². The van der Waals surface area contributed by atoms with Crippen LogP contribution >= 0.6 is 0 Å². The van der Waals surface area contributed by atoms with Crippen molar-refractivity contribution >= 4 is 5.78 Å². The number of Topliss-reactive ketones (excluding diaryl/α,β-unsaturated/α-hetero) is 1. The molecule has 1 atom stereocenters. The fraction of sp³-hybridized carbons (Fsp3) is 0.625. The molecule has 2 nitrogen and oxygen atoms in total. The number of allylic oxidation sites excluding steroid dienone is 1. The predicted molar refractivity (Wildman–Crippen MR) is 40.3 cm³/mol. The largest absolute Gasteiger partial charge is 0.404 e. The van der Waals surface area contributed by atoms with E-state index in [0.717, 1.165) is 18.4 Å². The maximum absolute atomic E-state index is 11.1. The van der Waals surface area contributed by atoms with Crippen molar-refractivity contribution in [2.24, 2.45) is 11.7 Å². The van der Waals surface area contributed by atoms with Crippen molar-refractivity contribution in [3.8, 4) is 0 Å². The van der Waals surface area contributed by atoms with Crippen molar-refractivity contribution in [1.82, 2.24) is 0 Å². The Kier molecular flexibility index (Phi) is 2.10. The minimum absolute atomic E-state index is 0.237. The molecule has 0 aromatic carbocycles. The summed E-state index contributed by atoms with van der Waals surface area (Å²) in [6.45, 7) is 2.10. The smallest absolute Gasteiger partial charge is 0.160 e. The van der Waals surface area contributed by atoms with Crippen molar-refractivity contribution in [1.29, 1.82) is 0 Å². The van der Waals surface area contributed by atoms with E-state index in [4.69, 9.17) is 5.73 Å². The van der Waals surface area contributed by atoms with Gasteiger partial charge in [0.15, 0.2) is 5.78 Å². The van der Waals surface area contributed by atoms with Crippen LogP contribution in [0, 0.1) is 5.92 Å². The third kappa shape index (κ3) is 1.38. The van der Waals surface area contributed by atoms with Crippen LogP contribution in [-0.4, -0.2) is 5.78 Å². The zero-order valence-electron chi connectivity index (χ0n) is 6.26. The first kappa shape index (κ1) is 7.32. The van der Waals surface area contributed by atoms with E-state index in [0.29, 0.717) is 12.3 Å². The third-order valence-corrected chi connectivity index (χ3v) is 2.00. The van der Waals surface area contributed by atoms with Crippen molar-refractivity contribution in [3.63, 3.8) is 0 Å². The molecule has 0 aromatic heterocycles. The van der Waals surface area contributed by atoms with E-state index in [1.165, 1.54) is 6.20 Å². The minimum Gasteiger partial charge on any atom is -0.404 e. The maximum Gasteiger partial charge on any atom is 0.160 e. The Labute approximate surface area is 61.1 Å². The number of carbonyl (C=O) groups is 1. The van der Waals surface area contributed by atoms with Crippen LogP contribution in [0.4, 0.5) is 0 Å². The third-order valence-electron chi connectivity index (χ3n) is 2.00. The molecule has 0 saturated heterocycles. The molecule has 1 saturated carbocycles. The molecule has 1 unspecified atom stereocenters. The second-order valence-corrected chi connectivity index (χ2v) is 2.96. The number of ketones is 1. The van der Waals surface area contributed by atoms with Gasteiger partial charge in [-0.25, -0.2) is 0 Å². The zero-order chi connectivity index (χ0) is 7.56. The molecule has 1 rings (SSSR count). The van der Waals surface area contributed by atoms with E-state index in [1.54, 1.807) is 0 Å². The zero-order valence-corrected chi connectivity index (χ0v) is 6.26. The molecule has 0 bridgehead atoms. The predicted octanol–water partition coefficient (Wildman–Crippen LogP) is 1.22. The van der Waals surface area contributed by atoms with Crippen LogP contribution in [0.15, 0.2) is 11.8 Å². The highest BCUT2D eigenvalue weighted by Crippen LogP contribution is 2.23. The Morgan fingerprint density at radius 1 is 1.70 bits per heavy atom. The Morgan fingerprint density at radius 2 is 2.40 bits per heavy atom. The molecule has 0 amide bonds. The summed E-state index contributed by atoms with van der Waals surface area (Å²) in [5.41, 5.74) is 6.07. The maximum atomic E-state index is 11.1. The van der Waals surface area contributed by atoms with Crippen molar-refractivity contribution in [2.75, 3.05) is 0 Å². The summed E-state index contributed by atoms with van der Waals surface area (Å²) in [6.07, 6.45) is 4.11. The molecular formula is C8H13NO. The highest BCUT2D eigenvalue weighted by Gasteiger charge is 2.19. The van der Waals surface area contributed by atoms with Gasteiger partial charge in [-0.15, -0.1) is 0 Å². The molecule has 2 heteroatoms. The summed E-state index contributed by atoms with van der Waals surface area (Å²) in [7, 11) is 0. The van der Waals surface area contributed by atoms with E-state index < -0.39 is 0 Å². The first-order valence-corrected chi connectivity index (χ1v) is 3.68. The van der Waals surface area contributed by atoms with Gasteiger partial charge in [-0.1, -0.05) is 6.92 Å². The monoisotopic (exact) mass is 139 g/mol. The highest BCUT2D eigenvalue weighted by atomic mass is 16.1. The Hall–Kier alpha value is -0.790. The van der Waals surface area contributed by atoms with Crippen LogP contribution in [0.5, 0.6) is 0 Å². The lowest BCUT2D eigenvalue weighted by molar-refractivity contribution is -0.117. The average molecular weight is 139 g/mol. The highest BCUT2D eigenvalue weighted by molar-refractivity contribution is 5.95. The van der Waals surface area contributed by atoms with Gasteiger partial charge in [0.2, 0.25) is 0 Å². The summed E-state index contributed by atoms with van der Waals surface area (Å²) in [6, 6.07) is 0. The lowest BCUT2D eigenvalue weighted by atomic mass is 9.87. The summed E-state index contributed by atoms with van der Waals surface area (Å²) in [4.78, 5) is 11.1. The minimum atomic E-state index is 0.237. The van der Waals surface area contributed by atoms with Gasteiger partial charge in [0.05, 0.1) is 0 Å². The van der Waals surface area contributed by atoms with Crippen LogP contribution in [0.3, 0.4) is 0 Å². The van der Waals surface area contributed by atoms with Gasteiger partial charge in [0.25, 0.3) is 0 Å². The molecule has 1 fully saturated rings. The Balaban J connectivity index is 2.61. The number of rotatable bonds is 0. The van der Waals surface area contributed by atoms with E-state index >= 15 is 0 Å². The Morgan fingerprint density at radius 3 is 2.90 bits per heavy atom. The van der Waals surface area contributed by atoms with Crippen molar-refractivity contribution < 1.29 is 4.79 Å². The molecule has 10 heavy (non-hydrogen) atoms. The van der Waals surface area contributed by atoms with E-state index in [2.05, 4.69) is 6.92 Å². The second kappa shape index (κ2) is 2.86. The van der Waals surface area contributed by atoms with Crippen molar-refractivity contribution in [3.05, 3.63) is 11.8 Å². The SMILES string of the molecule is CC1CC/C(=C/N)C(=O)C1. The molecular weight excluding hydrogens is 126 g/mol. The number of nitrogens with two attached hydrogens (primary N) is 1. The quantitative estimate of drug-likeness (QED) is 0.513. The molecule has 0 spiro atoms. The van der Waals surface area contributed by atoms with Gasteiger partial charge in [-0.05, 0) is 18.8 Å². The second-order valence-electron chi connectivity index (χ2n) is 2.96. The molecule has 2 N–H and O–H groups in total. The molecule has 0 radical (unpaired) electrons. The normalized spacial score (nSPS) is 31.1. The lowest BCUT2D eigenvalue weighted by Crippen LogP contribution is -2.16. The summed E-state index contributed by atoms with van der Waals surface area (Å²) in [5.74, 6) is 0.789. The summed E-state index contributed by atoms with van der Waals surface area (Å²) >= 11 is 0. The summed E-state index contributed by atoms with van der Waals surface area (Å²) in [5, 5.41) is 0. The molecule has 0 aliphatic heterocycles. The van der Waals surface area contributed by atoms with Crippen LogP contribution in [-0.2, 0) is 4.79 Å². The number of hydrogen-bond donors (Lipinski definition) is 1. The van der Waals surface area contributed by atoms with Gasteiger partial charge in [0.1, 0.15) is 0 Å². The Bertz CT molecular complexity index is 172. The van der Waals surface area contributed by atoms with Crippen LogP contribution in [0.1, 0.15) is 26.2 Å². The molecule has 0 aromatic rings. The fourth-order valence-corrected chi connectivity index (χ4v) is 1.27. The van der Waals surface area contributed by atoms with Gasteiger partial charge in [-0.3, -0.25) is 4.79 Å². The summed E-state index contributed by atoms with van der Waals surface area (Å²) < 4.78 is 0. The molecule has 1 aliphatic rings. The van der Waals surface area contributed by atoms with Crippen LogP contribution in [0.25, 0.3) is 0 Å². The van der Waals surface area contributed by atoms with Gasteiger partial charge >= 0.3 is 0 Å². The van der Waals surface area contributed by atoms with Gasteiger partial charge < -0.3 is 5.73 Å². The first-order valence-electron chi connectivity index (χ1n) is 3.68.